The maximum atomic E-state index is 13.1. The topological polar surface area (TPSA) is 78.0 Å². The fourth-order valence-electron chi connectivity index (χ4n) is 2.99. The summed E-state index contributed by atoms with van der Waals surface area (Å²) in [4.78, 5) is 24.0. The predicted octanol–water partition coefficient (Wildman–Crippen LogP) is 5.27. The monoisotopic (exact) mass is 411 g/mol. The molecule has 1 aromatic heterocycles. The van der Waals surface area contributed by atoms with Gasteiger partial charge in [-0.25, -0.2) is 0 Å². The summed E-state index contributed by atoms with van der Waals surface area (Å²) in [5, 5.41) is 17.8. The lowest BCUT2D eigenvalue weighted by atomic mass is 10.1. The minimum absolute atomic E-state index is 0.00321. The molecule has 0 aliphatic heterocycles. The van der Waals surface area contributed by atoms with E-state index < -0.39 is 10.5 Å². The van der Waals surface area contributed by atoms with Gasteiger partial charge in [-0.15, -0.1) is 0 Å². The summed E-state index contributed by atoms with van der Waals surface area (Å²) in [7, 11) is 0. The van der Waals surface area contributed by atoms with Gasteiger partial charge in [-0.3, -0.25) is 14.9 Å². The number of nitro benzene ring substituents is 1. The summed E-state index contributed by atoms with van der Waals surface area (Å²) in [6.45, 7) is 0. The van der Waals surface area contributed by atoms with E-state index in [1.54, 1.807) is 48.5 Å². The van der Waals surface area contributed by atoms with E-state index in [4.69, 9.17) is 23.2 Å². The van der Waals surface area contributed by atoms with Gasteiger partial charge in [0.1, 0.15) is 5.69 Å². The minimum atomic E-state index is -0.572. The first-order chi connectivity index (χ1) is 13.5. The first-order valence-corrected chi connectivity index (χ1v) is 8.93. The standard InChI is InChI=1S/C20H11Cl2N3O3/c21-13-7-5-12(6-8-13)19-15-3-1-2-4-16(15)20(26)24(23-19)18-11-14(22)9-10-17(18)25(27)28/h1-11H. The molecule has 0 amide bonds. The quantitative estimate of drug-likeness (QED) is 0.339. The molecule has 0 saturated carbocycles. The lowest BCUT2D eigenvalue weighted by Gasteiger charge is -2.12. The number of rotatable bonds is 3. The van der Waals surface area contributed by atoms with Crippen LogP contribution in [0.4, 0.5) is 5.69 Å². The Hall–Kier alpha value is -3.22. The first kappa shape index (κ1) is 18.2. The van der Waals surface area contributed by atoms with E-state index in [1.807, 2.05) is 0 Å². The number of hydrogen-bond donors (Lipinski definition) is 0. The molecule has 8 heteroatoms. The number of nitro groups is 1. The van der Waals surface area contributed by atoms with Gasteiger partial charge in [0.05, 0.1) is 16.0 Å². The maximum Gasteiger partial charge on any atom is 0.295 e. The van der Waals surface area contributed by atoms with Gasteiger partial charge in [0.15, 0.2) is 0 Å². The molecule has 6 nitrogen and oxygen atoms in total. The van der Waals surface area contributed by atoms with E-state index in [2.05, 4.69) is 5.10 Å². The van der Waals surface area contributed by atoms with E-state index in [-0.39, 0.29) is 16.4 Å². The van der Waals surface area contributed by atoms with Crippen LogP contribution in [-0.2, 0) is 0 Å². The van der Waals surface area contributed by atoms with Gasteiger partial charge in [-0.05, 0) is 30.3 Å². The Kier molecular flexibility index (Phi) is 4.58. The lowest BCUT2D eigenvalue weighted by molar-refractivity contribution is -0.384. The highest BCUT2D eigenvalue weighted by Crippen LogP contribution is 2.29. The second-order valence-electron chi connectivity index (χ2n) is 6.01. The molecule has 3 aromatic carbocycles. The van der Waals surface area contributed by atoms with Crippen molar-refractivity contribution in [3.63, 3.8) is 0 Å². The molecule has 0 bridgehead atoms. The van der Waals surface area contributed by atoms with Crippen molar-refractivity contribution >= 4 is 39.7 Å². The van der Waals surface area contributed by atoms with Crippen molar-refractivity contribution in [2.45, 2.75) is 0 Å². The predicted molar refractivity (Wildman–Crippen MR) is 109 cm³/mol. The van der Waals surface area contributed by atoms with Crippen LogP contribution in [0, 0.1) is 10.1 Å². The Labute approximate surface area is 168 Å². The number of halogens is 2. The lowest BCUT2D eigenvalue weighted by Crippen LogP contribution is -2.23. The molecule has 0 N–H and O–H groups in total. The summed E-state index contributed by atoms with van der Waals surface area (Å²) in [5.74, 6) is 0. The van der Waals surface area contributed by atoms with Gasteiger partial charge in [0.2, 0.25) is 0 Å². The molecule has 1 heterocycles. The molecular weight excluding hydrogens is 401 g/mol. The van der Waals surface area contributed by atoms with Crippen LogP contribution in [0.3, 0.4) is 0 Å². The highest BCUT2D eigenvalue weighted by Gasteiger charge is 2.20. The van der Waals surface area contributed by atoms with Crippen LogP contribution in [0.25, 0.3) is 27.7 Å². The second kappa shape index (κ2) is 7.07. The SMILES string of the molecule is O=c1c2ccccc2c(-c2ccc(Cl)cc2)nn1-c1cc(Cl)ccc1[N+](=O)[O-]. The van der Waals surface area contributed by atoms with Crippen LogP contribution in [0.5, 0.6) is 0 Å². The Morgan fingerprint density at radius 2 is 1.54 bits per heavy atom. The molecule has 0 aliphatic carbocycles. The van der Waals surface area contributed by atoms with Crippen molar-refractivity contribution in [2.24, 2.45) is 0 Å². The van der Waals surface area contributed by atoms with E-state index in [0.29, 0.717) is 21.5 Å². The largest absolute Gasteiger partial charge is 0.295 e. The molecule has 0 saturated heterocycles. The average Bonchev–Trinajstić information content (AvgIpc) is 2.69. The molecule has 0 aliphatic rings. The van der Waals surface area contributed by atoms with Crippen molar-refractivity contribution in [3.8, 4) is 16.9 Å². The third-order valence-electron chi connectivity index (χ3n) is 4.28. The summed E-state index contributed by atoms with van der Waals surface area (Å²) in [5.41, 5.74) is 0.485. The normalized spacial score (nSPS) is 10.9. The number of nitrogens with zero attached hydrogens (tertiary/aromatic N) is 3. The highest BCUT2D eigenvalue weighted by atomic mass is 35.5. The third-order valence-corrected chi connectivity index (χ3v) is 4.77. The van der Waals surface area contributed by atoms with Gasteiger partial charge in [0.25, 0.3) is 11.2 Å². The molecule has 138 valence electrons. The molecule has 0 fully saturated rings. The molecule has 0 radical (unpaired) electrons. The zero-order valence-corrected chi connectivity index (χ0v) is 15.7. The van der Waals surface area contributed by atoms with Crippen molar-refractivity contribution in [1.82, 2.24) is 9.78 Å². The number of hydrogen-bond acceptors (Lipinski definition) is 4. The summed E-state index contributed by atoms with van der Waals surface area (Å²) in [6, 6.07) is 18.0. The zero-order valence-electron chi connectivity index (χ0n) is 14.2. The molecule has 0 unspecified atom stereocenters. The van der Waals surface area contributed by atoms with Crippen molar-refractivity contribution in [2.75, 3.05) is 0 Å². The second-order valence-corrected chi connectivity index (χ2v) is 6.88. The summed E-state index contributed by atoms with van der Waals surface area (Å²) < 4.78 is 1.02. The van der Waals surface area contributed by atoms with Gasteiger partial charge in [0, 0.05) is 27.1 Å². The molecular formula is C20H11Cl2N3O3. The molecule has 0 spiro atoms. The molecule has 0 atom stereocenters. The van der Waals surface area contributed by atoms with Crippen molar-refractivity contribution in [1.29, 1.82) is 0 Å². The maximum absolute atomic E-state index is 13.1. The minimum Gasteiger partial charge on any atom is -0.267 e. The number of aromatic nitrogens is 2. The van der Waals surface area contributed by atoms with Crippen LogP contribution in [0.2, 0.25) is 10.0 Å². The van der Waals surface area contributed by atoms with Gasteiger partial charge in [-0.2, -0.15) is 9.78 Å². The Balaban J connectivity index is 2.11. The summed E-state index contributed by atoms with van der Waals surface area (Å²) in [6.07, 6.45) is 0. The smallest absolute Gasteiger partial charge is 0.267 e. The van der Waals surface area contributed by atoms with Gasteiger partial charge in [-0.1, -0.05) is 53.5 Å². The Bertz CT molecular complexity index is 1280. The average molecular weight is 412 g/mol. The molecule has 4 aromatic rings. The molecule has 28 heavy (non-hydrogen) atoms. The number of benzene rings is 3. The van der Waals surface area contributed by atoms with Crippen LogP contribution >= 0.6 is 23.2 Å². The zero-order chi connectivity index (χ0) is 19.8. The first-order valence-electron chi connectivity index (χ1n) is 8.18. The highest BCUT2D eigenvalue weighted by molar-refractivity contribution is 6.31. The third kappa shape index (κ3) is 3.13. The fraction of sp³-hybridized carbons (Fsp3) is 0. The number of fused-ring (bicyclic) bond motifs is 1. The van der Waals surface area contributed by atoms with Crippen LogP contribution in [-0.4, -0.2) is 14.7 Å². The van der Waals surface area contributed by atoms with Crippen molar-refractivity contribution in [3.05, 3.63) is 97.2 Å². The fourth-order valence-corrected chi connectivity index (χ4v) is 3.29. The van der Waals surface area contributed by atoms with E-state index in [1.165, 1.54) is 18.2 Å². The van der Waals surface area contributed by atoms with E-state index in [0.717, 1.165) is 10.2 Å². The van der Waals surface area contributed by atoms with E-state index in [9.17, 15) is 14.9 Å². The Morgan fingerprint density at radius 1 is 0.893 bits per heavy atom. The van der Waals surface area contributed by atoms with Gasteiger partial charge >= 0.3 is 0 Å². The van der Waals surface area contributed by atoms with Crippen LogP contribution in [0.15, 0.2) is 71.5 Å². The van der Waals surface area contributed by atoms with Crippen molar-refractivity contribution < 1.29 is 4.92 Å². The van der Waals surface area contributed by atoms with Crippen LogP contribution < -0.4 is 5.56 Å². The Morgan fingerprint density at radius 3 is 2.21 bits per heavy atom. The van der Waals surface area contributed by atoms with Gasteiger partial charge < -0.3 is 0 Å². The van der Waals surface area contributed by atoms with Crippen LogP contribution in [0.1, 0.15) is 0 Å². The summed E-state index contributed by atoms with van der Waals surface area (Å²) >= 11 is 12.0. The van der Waals surface area contributed by atoms with E-state index >= 15 is 0 Å². The molecule has 4 rings (SSSR count).